The molecule has 3 rings (SSSR count). The Labute approximate surface area is 540 Å². The van der Waals surface area contributed by atoms with Crippen molar-refractivity contribution in [3.63, 3.8) is 0 Å². The normalized spacial score (nSPS) is 12.0. The molecule has 0 saturated heterocycles. The van der Waals surface area contributed by atoms with Crippen LogP contribution in [0.5, 0.6) is 17.2 Å². The summed E-state index contributed by atoms with van der Waals surface area (Å²) in [5.41, 5.74) is 5.01. The lowest BCUT2D eigenvalue weighted by Crippen LogP contribution is -2.17. The van der Waals surface area contributed by atoms with Gasteiger partial charge in [-0.15, -0.1) is 0 Å². The Morgan fingerprint density at radius 2 is 0.511 bits per heavy atom. The predicted molar refractivity (Wildman–Crippen MR) is 371 cm³/mol. The zero-order valence-corrected chi connectivity index (χ0v) is 59.4. The second-order valence-electron chi connectivity index (χ2n) is 28.5. The van der Waals surface area contributed by atoms with Crippen LogP contribution in [-0.2, 0) is 64.1 Å². The van der Waals surface area contributed by atoms with Crippen molar-refractivity contribution in [3.05, 3.63) is 88.0 Å². The molecule has 0 aliphatic carbocycles. The first kappa shape index (κ1) is 78.1. The molecule has 0 aliphatic heterocycles. The van der Waals surface area contributed by atoms with Crippen LogP contribution in [0.2, 0.25) is 0 Å². The Morgan fingerprint density at radius 3 is 0.716 bits per heavy atom. The quantitative estimate of drug-likeness (QED) is 0.0236. The second-order valence-corrected chi connectivity index (χ2v) is 29.5. The monoisotopic (exact) mass is 1240 g/mol. The highest BCUT2D eigenvalue weighted by Gasteiger charge is 2.31. The summed E-state index contributed by atoms with van der Waals surface area (Å²) in [6.45, 7) is 27.7. The average Bonchev–Trinajstić information content (AvgIpc) is 3.61. The average molecular weight is 1240 g/mol. The van der Waals surface area contributed by atoms with Crippen LogP contribution >= 0.6 is 8.60 Å². The van der Waals surface area contributed by atoms with E-state index in [1.54, 1.807) is 0 Å². The van der Waals surface area contributed by atoms with Gasteiger partial charge in [0.05, 0.1) is 19.8 Å². The Kier molecular flexibility index (Phi) is 40.9. The molecule has 0 heterocycles. The van der Waals surface area contributed by atoms with Crippen LogP contribution < -0.4 is 13.6 Å². The van der Waals surface area contributed by atoms with Gasteiger partial charge in [-0.05, 0) is 89.7 Å². The molecule has 0 aromatic heterocycles. The van der Waals surface area contributed by atoms with E-state index in [0.717, 1.165) is 71.9 Å². The van der Waals surface area contributed by atoms with Gasteiger partial charge >= 0.3 is 26.5 Å². The smallest absolute Gasteiger partial charge is 0.466 e. The molecular weight excluding hydrogens is 1110 g/mol. The number of carbonyl (C=O) groups excluding carboxylic acids is 3. The first-order valence-corrected chi connectivity index (χ1v) is 37.1. The zero-order chi connectivity index (χ0) is 64.3. The van der Waals surface area contributed by atoms with Gasteiger partial charge in [0.1, 0.15) is 17.2 Å². The van der Waals surface area contributed by atoms with Crippen molar-refractivity contribution in [2.24, 2.45) is 0 Å². The molecule has 0 spiro atoms. The van der Waals surface area contributed by atoms with E-state index in [4.69, 9.17) is 27.8 Å². The van der Waals surface area contributed by atoms with Gasteiger partial charge in [-0.2, -0.15) is 0 Å². The molecule has 0 saturated carbocycles. The number of aryl methyl sites for hydroxylation is 3. The van der Waals surface area contributed by atoms with Crippen molar-refractivity contribution < 1.29 is 42.2 Å². The highest BCUT2D eigenvalue weighted by Crippen LogP contribution is 2.49. The Balaban J connectivity index is 1.76. The van der Waals surface area contributed by atoms with Crippen molar-refractivity contribution in [2.45, 2.75) is 350 Å². The fourth-order valence-corrected chi connectivity index (χ4v) is 12.4. The number of esters is 3. The van der Waals surface area contributed by atoms with Gasteiger partial charge in [0.25, 0.3) is 0 Å². The van der Waals surface area contributed by atoms with Crippen LogP contribution in [0.15, 0.2) is 54.6 Å². The zero-order valence-electron chi connectivity index (χ0n) is 58.5. The van der Waals surface area contributed by atoms with Gasteiger partial charge in [0.2, 0.25) is 0 Å². The Bertz CT molecular complexity index is 2060. The minimum absolute atomic E-state index is 0.166. The second kappa shape index (κ2) is 46.0. The molecule has 0 unspecified atom stereocenters. The molecule has 10 heteroatoms. The first-order valence-electron chi connectivity index (χ1n) is 36.0. The molecule has 9 nitrogen and oxygen atoms in total. The summed E-state index contributed by atoms with van der Waals surface area (Å²) in [6, 6.07) is 18.5. The lowest BCUT2D eigenvalue weighted by molar-refractivity contribution is -0.144. The molecule has 0 aliphatic rings. The van der Waals surface area contributed by atoms with E-state index in [2.05, 4.69) is 101 Å². The molecule has 3 aromatic rings. The van der Waals surface area contributed by atoms with E-state index < -0.39 is 8.60 Å². The Morgan fingerprint density at radius 1 is 0.307 bits per heavy atom. The number of ether oxygens (including phenoxy) is 3. The third kappa shape index (κ3) is 36.1. The van der Waals surface area contributed by atoms with Crippen LogP contribution in [0.4, 0.5) is 0 Å². The maximum Gasteiger partial charge on any atom is 0.530 e. The molecule has 88 heavy (non-hydrogen) atoms. The molecule has 0 amide bonds. The van der Waals surface area contributed by atoms with Crippen LogP contribution in [0, 0.1) is 0 Å². The van der Waals surface area contributed by atoms with Gasteiger partial charge in [0.15, 0.2) is 0 Å². The molecule has 0 N–H and O–H groups in total. The number of carbonyl (C=O) groups is 3. The number of hydrogen-bond donors (Lipinski definition) is 0. The third-order valence-corrected chi connectivity index (χ3v) is 18.0. The third-order valence-electron chi connectivity index (χ3n) is 17.0. The summed E-state index contributed by atoms with van der Waals surface area (Å²) in [5, 5.41) is 0. The highest BCUT2D eigenvalue weighted by atomic mass is 31.2. The van der Waals surface area contributed by atoms with Gasteiger partial charge in [-0.1, -0.05) is 312 Å². The molecule has 500 valence electrons. The van der Waals surface area contributed by atoms with Crippen molar-refractivity contribution in [1.82, 2.24) is 0 Å². The lowest BCUT2D eigenvalue weighted by Gasteiger charge is -2.29. The molecule has 0 fully saturated rings. The van der Waals surface area contributed by atoms with Crippen molar-refractivity contribution in [2.75, 3.05) is 19.8 Å². The topological polar surface area (TPSA) is 107 Å². The Hall–Kier alpha value is -4.10. The summed E-state index contributed by atoms with van der Waals surface area (Å²) < 4.78 is 38.2. The fourth-order valence-electron chi connectivity index (χ4n) is 11.3. The van der Waals surface area contributed by atoms with Crippen molar-refractivity contribution in [3.8, 4) is 17.2 Å². The van der Waals surface area contributed by atoms with Crippen LogP contribution in [0.1, 0.15) is 348 Å². The molecule has 0 radical (unpaired) electrons. The maximum absolute atomic E-state index is 13.0. The summed E-state index contributed by atoms with van der Waals surface area (Å²) >= 11 is 0. The minimum Gasteiger partial charge on any atom is -0.466 e. The number of rotatable bonds is 51. The summed E-state index contributed by atoms with van der Waals surface area (Å²) in [4.78, 5) is 39.1. The van der Waals surface area contributed by atoms with Gasteiger partial charge in [-0.25, -0.2) is 0 Å². The predicted octanol–water partition coefficient (Wildman–Crippen LogP) is 23.7. The van der Waals surface area contributed by atoms with Gasteiger partial charge in [0, 0.05) is 36.0 Å². The van der Waals surface area contributed by atoms with Gasteiger partial charge in [-0.3, -0.25) is 14.4 Å². The highest BCUT2D eigenvalue weighted by molar-refractivity contribution is 7.43. The standard InChI is InChI=1S/C78H129O9P/c1-13-16-19-22-25-28-31-34-37-40-43-58-82-73(79)55-49-64-46-52-70(67(61-64)76(4,5)6)85-88(86-71-53-47-65(62-68(71)77(7,8)9)50-56-74(80)83-59-44-41-38-35-32-29-26-23-20-17-14-2)87-72-54-48-66(63-69(72)78(10,11)12)51-57-75(81)84-60-45-42-39-36-33-30-27-24-21-18-15-3/h46-48,52-54,61-63H,13-45,49-51,55-60H2,1-12H3. The van der Waals surface area contributed by atoms with E-state index in [9.17, 15) is 14.4 Å². The minimum atomic E-state index is -2.14. The molecule has 0 bridgehead atoms. The van der Waals surface area contributed by atoms with Crippen molar-refractivity contribution >= 4 is 26.5 Å². The molecule has 3 aromatic carbocycles. The fraction of sp³-hybridized carbons (Fsp3) is 0.731. The van der Waals surface area contributed by atoms with E-state index in [-0.39, 0.29) is 34.2 Å². The van der Waals surface area contributed by atoms with Gasteiger partial charge < -0.3 is 27.8 Å². The van der Waals surface area contributed by atoms with Crippen molar-refractivity contribution in [1.29, 1.82) is 0 Å². The number of benzene rings is 3. The largest absolute Gasteiger partial charge is 0.530 e. The molecular formula is C78H129O9P. The van der Waals surface area contributed by atoms with Crippen LogP contribution in [0.25, 0.3) is 0 Å². The summed E-state index contributed by atoms with van der Waals surface area (Å²) in [7, 11) is -2.14. The van der Waals surface area contributed by atoms with E-state index in [1.165, 1.54) is 173 Å². The first-order chi connectivity index (χ1) is 42.2. The van der Waals surface area contributed by atoms with E-state index in [1.807, 2.05) is 36.4 Å². The summed E-state index contributed by atoms with van der Waals surface area (Å²) in [6.07, 6.45) is 44.0. The van der Waals surface area contributed by atoms with E-state index >= 15 is 0 Å². The number of unbranched alkanes of at least 4 members (excludes halogenated alkanes) is 30. The van der Waals surface area contributed by atoms with Crippen LogP contribution in [0.3, 0.4) is 0 Å². The SMILES string of the molecule is CCCCCCCCCCCCCOC(=O)CCc1ccc(OP(Oc2ccc(CCC(=O)OCCCCCCCCCCCCC)cc2C(C)(C)C)Oc2ccc(CCC(=O)OCCCCCCCCCCCCC)cc2C(C)(C)C)c(C(C)(C)C)c1. The lowest BCUT2D eigenvalue weighted by atomic mass is 9.85. The molecule has 0 atom stereocenters. The van der Waals surface area contributed by atoms with E-state index in [0.29, 0.717) is 75.6 Å². The number of hydrogen-bond acceptors (Lipinski definition) is 9. The van der Waals surface area contributed by atoms with Crippen LogP contribution in [-0.4, -0.2) is 37.7 Å². The maximum atomic E-state index is 13.0. The summed E-state index contributed by atoms with van der Waals surface area (Å²) in [5.74, 6) is 1.43.